The molecule has 0 aliphatic heterocycles. The Morgan fingerprint density at radius 1 is 0.273 bits per heavy atom. The second kappa shape index (κ2) is 5.48. The minimum atomic E-state index is 2.00. The minimum Gasteiger partial charge on any atom is -0.0767 e. The zero-order valence-corrected chi connectivity index (χ0v) is 6.35. The van der Waals surface area contributed by atoms with E-state index in [9.17, 15) is 0 Å². The smallest absolute Gasteiger partial charge is 0.00506 e. The number of rotatable bonds is 0. The lowest BCUT2D eigenvalue weighted by Gasteiger charge is -1.75. The summed E-state index contributed by atoms with van der Waals surface area (Å²) in [5.74, 6) is 0. The minimum absolute atomic E-state index is 2.00. The fraction of sp³-hybridized carbons (Fsp3) is 0. The summed E-state index contributed by atoms with van der Waals surface area (Å²) in [7, 11) is 0. The summed E-state index contributed by atoms with van der Waals surface area (Å²) < 4.78 is 0. The highest BCUT2D eigenvalue weighted by atomic mass is 13.8. The van der Waals surface area contributed by atoms with Crippen molar-refractivity contribution >= 4 is 0 Å². The molecular formula is C11H11. The predicted octanol–water partition coefficient (Wildman–Crippen LogP) is 2.99. The lowest BCUT2D eigenvalue weighted by atomic mass is 10.3. The maximum absolute atomic E-state index is 2.00. The largest absolute Gasteiger partial charge is 0.0767 e. The van der Waals surface area contributed by atoms with Gasteiger partial charge in [0.15, 0.2) is 0 Å². The molecule has 0 amide bonds. The molecule has 1 radical (unpaired) electrons. The Morgan fingerprint density at radius 2 is 0.545 bits per heavy atom. The molecule has 0 heteroatoms. The lowest BCUT2D eigenvalue weighted by molar-refractivity contribution is 1.73. The molecule has 55 valence electrons. The molecule has 0 heterocycles. The van der Waals surface area contributed by atoms with E-state index in [-0.39, 0.29) is 0 Å². The van der Waals surface area contributed by atoms with E-state index < -0.39 is 0 Å². The van der Waals surface area contributed by atoms with Gasteiger partial charge in [0.25, 0.3) is 0 Å². The van der Waals surface area contributed by atoms with Gasteiger partial charge in [-0.3, -0.25) is 0 Å². The maximum atomic E-state index is 2.00. The van der Waals surface area contributed by atoms with Gasteiger partial charge in [-0.1, -0.05) is 60.8 Å². The van der Waals surface area contributed by atoms with Crippen LogP contribution in [0.3, 0.4) is 0 Å². The van der Waals surface area contributed by atoms with Gasteiger partial charge < -0.3 is 0 Å². The first-order chi connectivity index (χ1) is 5.50. The van der Waals surface area contributed by atoms with Crippen LogP contribution in [0.2, 0.25) is 0 Å². The van der Waals surface area contributed by atoms with Crippen LogP contribution in [0.1, 0.15) is 0 Å². The van der Waals surface area contributed by atoms with Crippen LogP contribution in [0.5, 0.6) is 0 Å². The Kier molecular flexibility index (Phi) is 3.89. The molecule has 0 fully saturated rings. The van der Waals surface area contributed by atoms with E-state index in [2.05, 4.69) is 0 Å². The molecule has 1 rings (SSSR count). The van der Waals surface area contributed by atoms with E-state index in [1.165, 1.54) is 0 Å². The van der Waals surface area contributed by atoms with E-state index in [1.54, 1.807) is 0 Å². The van der Waals surface area contributed by atoms with Crippen molar-refractivity contribution in [3.8, 4) is 0 Å². The standard InChI is InChI=1S/C11H11/c1-2-4-6-8-10-11-9-7-5-3-1/h1-11H. The quantitative estimate of drug-likeness (QED) is 0.489. The van der Waals surface area contributed by atoms with Crippen LogP contribution in [0.4, 0.5) is 0 Å². The highest BCUT2D eigenvalue weighted by molar-refractivity contribution is 5.23. The second-order valence-corrected chi connectivity index (χ2v) is 2.12. The van der Waals surface area contributed by atoms with Crippen molar-refractivity contribution in [2.45, 2.75) is 0 Å². The lowest BCUT2D eigenvalue weighted by Crippen LogP contribution is -1.57. The third-order valence-corrected chi connectivity index (χ3v) is 1.22. The van der Waals surface area contributed by atoms with Crippen molar-refractivity contribution < 1.29 is 0 Å². The molecule has 1 aliphatic carbocycles. The van der Waals surface area contributed by atoms with Crippen LogP contribution in [-0.2, 0) is 0 Å². The third-order valence-electron chi connectivity index (χ3n) is 1.22. The molecule has 0 atom stereocenters. The molecule has 1 aliphatic rings. The molecule has 0 unspecified atom stereocenters. The highest BCUT2D eigenvalue weighted by Crippen LogP contribution is 1.90. The van der Waals surface area contributed by atoms with Crippen LogP contribution in [0, 0.1) is 6.42 Å². The topological polar surface area (TPSA) is 0 Å². The van der Waals surface area contributed by atoms with Crippen LogP contribution < -0.4 is 0 Å². The Hall–Kier alpha value is -1.30. The monoisotopic (exact) mass is 143 g/mol. The summed E-state index contributed by atoms with van der Waals surface area (Å²) in [5.41, 5.74) is 0. The molecule has 11 heavy (non-hydrogen) atoms. The van der Waals surface area contributed by atoms with Crippen molar-refractivity contribution in [2.75, 3.05) is 0 Å². The first kappa shape index (κ1) is 7.80. The van der Waals surface area contributed by atoms with Gasteiger partial charge in [0, 0.05) is 6.42 Å². The molecule has 0 N–H and O–H groups in total. The molecule has 0 bridgehead atoms. The van der Waals surface area contributed by atoms with Gasteiger partial charge in [0.05, 0.1) is 0 Å². The summed E-state index contributed by atoms with van der Waals surface area (Å²) in [6.07, 6.45) is 22.0. The van der Waals surface area contributed by atoms with E-state index in [0.29, 0.717) is 0 Å². The highest BCUT2D eigenvalue weighted by Gasteiger charge is 1.70. The van der Waals surface area contributed by atoms with E-state index in [0.717, 1.165) is 0 Å². The molecule has 0 nitrogen and oxygen atoms in total. The Balaban J connectivity index is 2.61. The molecule has 0 saturated carbocycles. The maximum Gasteiger partial charge on any atom is 0.00506 e. The Labute approximate surface area is 67.9 Å². The normalized spacial score (nSPS) is 16.7. The first-order valence-electron chi connectivity index (χ1n) is 3.67. The van der Waals surface area contributed by atoms with Gasteiger partial charge in [0.1, 0.15) is 0 Å². The number of hydrogen-bond donors (Lipinski definition) is 0. The Morgan fingerprint density at radius 3 is 0.909 bits per heavy atom. The third kappa shape index (κ3) is 4.15. The van der Waals surface area contributed by atoms with Gasteiger partial charge in [-0.05, 0) is 0 Å². The van der Waals surface area contributed by atoms with Crippen molar-refractivity contribution in [3.05, 3.63) is 67.2 Å². The molecule has 0 spiro atoms. The van der Waals surface area contributed by atoms with Gasteiger partial charge >= 0.3 is 0 Å². The second-order valence-electron chi connectivity index (χ2n) is 2.12. The molecule has 0 aromatic carbocycles. The average Bonchev–Trinajstić information content (AvgIpc) is 2.08. The van der Waals surface area contributed by atoms with Crippen molar-refractivity contribution in [1.82, 2.24) is 0 Å². The van der Waals surface area contributed by atoms with E-state index in [1.807, 2.05) is 67.2 Å². The number of hydrogen-bond acceptors (Lipinski definition) is 0. The van der Waals surface area contributed by atoms with Crippen molar-refractivity contribution in [3.63, 3.8) is 0 Å². The van der Waals surface area contributed by atoms with Crippen molar-refractivity contribution in [2.24, 2.45) is 0 Å². The molecule has 0 saturated heterocycles. The Bertz CT molecular complexity index is 200. The van der Waals surface area contributed by atoms with Gasteiger partial charge in [-0.15, -0.1) is 0 Å². The number of allylic oxidation sites excluding steroid dienone is 10. The zero-order valence-electron chi connectivity index (χ0n) is 6.35. The molecule has 0 aromatic heterocycles. The fourth-order valence-corrected chi connectivity index (χ4v) is 0.706. The van der Waals surface area contributed by atoms with Gasteiger partial charge in [0.2, 0.25) is 0 Å². The van der Waals surface area contributed by atoms with Crippen LogP contribution in [0.15, 0.2) is 60.8 Å². The van der Waals surface area contributed by atoms with Crippen LogP contribution in [0.25, 0.3) is 0 Å². The van der Waals surface area contributed by atoms with Gasteiger partial charge in [-0.2, -0.15) is 0 Å². The SMILES string of the molecule is [CH]1C=CC=CC=CC=CC=C1. The van der Waals surface area contributed by atoms with Crippen LogP contribution in [-0.4, -0.2) is 0 Å². The zero-order chi connectivity index (χ0) is 7.78. The summed E-state index contributed by atoms with van der Waals surface area (Å²) in [4.78, 5) is 0. The predicted molar refractivity (Wildman–Crippen MR) is 50.0 cm³/mol. The summed E-state index contributed by atoms with van der Waals surface area (Å²) >= 11 is 0. The molecule has 0 aromatic rings. The van der Waals surface area contributed by atoms with E-state index in [4.69, 9.17) is 0 Å². The van der Waals surface area contributed by atoms with Crippen LogP contribution >= 0.6 is 0 Å². The molecular weight excluding hydrogens is 132 g/mol. The van der Waals surface area contributed by atoms with Crippen molar-refractivity contribution in [1.29, 1.82) is 0 Å². The van der Waals surface area contributed by atoms with E-state index >= 15 is 0 Å². The summed E-state index contributed by atoms with van der Waals surface area (Å²) in [5, 5.41) is 0. The first-order valence-corrected chi connectivity index (χ1v) is 3.67. The summed E-state index contributed by atoms with van der Waals surface area (Å²) in [6, 6.07) is 0. The fourth-order valence-electron chi connectivity index (χ4n) is 0.706. The average molecular weight is 143 g/mol. The summed E-state index contributed by atoms with van der Waals surface area (Å²) in [6.45, 7) is 0. The van der Waals surface area contributed by atoms with Gasteiger partial charge in [-0.25, -0.2) is 0 Å².